The Balaban J connectivity index is 1.15. The zero-order valence-electron chi connectivity index (χ0n) is 25.1. The fraction of sp³-hybridized carbons (Fsp3) is 0. The molecule has 7 aromatic carbocycles. The summed E-state index contributed by atoms with van der Waals surface area (Å²) in [7, 11) is 0. The Morgan fingerprint density at radius 3 is 1.83 bits per heavy atom. The molecular weight excluding hydrogens is 558 g/mol. The Morgan fingerprint density at radius 1 is 0.435 bits per heavy atom. The van der Waals surface area contributed by atoms with Crippen LogP contribution in [0.15, 0.2) is 176 Å². The molecule has 0 atom stereocenters. The van der Waals surface area contributed by atoms with Crippen molar-refractivity contribution in [3.63, 3.8) is 0 Å². The predicted molar refractivity (Wildman–Crippen MR) is 193 cm³/mol. The highest BCUT2D eigenvalue weighted by Crippen LogP contribution is 2.43. The molecule has 46 heavy (non-hydrogen) atoms. The molecule has 0 aliphatic carbocycles. The van der Waals surface area contributed by atoms with Crippen LogP contribution in [0.4, 0.5) is 17.1 Å². The first-order chi connectivity index (χ1) is 22.8. The van der Waals surface area contributed by atoms with Gasteiger partial charge in [-0.05, 0) is 99.8 Å². The number of rotatable bonds is 6. The van der Waals surface area contributed by atoms with E-state index in [2.05, 4.69) is 172 Å². The summed E-state index contributed by atoms with van der Waals surface area (Å²) in [5, 5.41) is 5.18. The summed E-state index contributed by atoms with van der Waals surface area (Å²) in [5.41, 5.74) is 11.7. The Kier molecular flexibility index (Phi) is 6.14. The highest BCUT2D eigenvalue weighted by atomic mass is 15.1. The number of benzene rings is 7. The third-order valence-electron chi connectivity index (χ3n) is 9.05. The van der Waals surface area contributed by atoms with Gasteiger partial charge in [-0.15, -0.1) is 0 Å². The number of anilines is 3. The van der Waals surface area contributed by atoms with Gasteiger partial charge in [0.15, 0.2) is 0 Å². The Bertz CT molecular complexity index is 2430. The van der Waals surface area contributed by atoms with Crippen LogP contribution in [0.25, 0.3) is 60.5 Å². The number of nitrogens with zero attached hydrogens (tertiary/aromatic N) is 3. The van der Waals surface area contributed by atoms with Crippen molar-refractivity contribution in [1.82, 2.24) is 9.55 Å². The molecule has 2 heterocycles. The Hall–Kier alpha value is -6.19. The van der Waals surface area contributed by atoms with E-state index in [-0.39, 0.29) is 0 Å². The normalized spacial score (nSPS) is 11.5. The quantitative estimate of drug-likeness (QED) is 0.180. The molecule has 0 saturated heterocycles. The second kappa shape index (κ2) is 10.8. The van der Waals surface area contributed by atoms with Crippen LogP contribution in [0.3, 0.4) is 0 Å². The SMILES string of the molecule is c1ccc(N(c2ccc(-c3cccnc3)cc2)c2ccc(-c3ccc4c5c3ccc3cccc(c35)n4-c3ccccc3)cc2)cc1. The first-order valence-corrected chi connectivity index (χ1v) is 15.6. The summed E-state index contributed by atoms with van der Waals surface area (Å²) in [5.74, 6) is 0. The summed E-state index contributed by atoms with van der Waals surface area (Å²) in [6.45, 7) is 0. The third kappa shape index (κ3) is 4.25. The number of hydrogen-bond acceptors (Lipinski definition) is 2. The molecule has 0 saturated carbocycles. The lowest BCUT2D eigenvalue weighted by Gasteiger charge is -2.26. The van der Waals surface area contributed by atoms with Crippen LogP contribution in [0.1, 0.15) is 0 Å². The zero-order chi connectivity index (χ0) is 30.5. The van der Waals surface area contributed by atoms with Gasteiger partial charge in [-0.2, -0.15) is 0 Å². The molecule has 0 amide bonds. The molecule has 0 radical (unpaired) electrons. The molecule has 216 valence electrons. The van der Waals surface area contributed by atoms with Crippen molar-refractivity contribution in [2.24, 2.45) is 0 Å². The van der Waals surface area contributed by atoms with Crippen molar-refractivity contribution in [2.45, 2.75) is 0 Å². The highest BCUT2D eigenvalue weighted by Gasteiger charge is 2.19. The number of aromatic nitrogens is 2. The maximum atomic E-state index is 4.29. The largest absolute Gasteiger partial charge is 0.311 e. The van der Waals surface area contributed by atoms with Gasteiger partial charge in [0.25, 0.3) is 0 Å². The van der Waals surface area contributed by atoms with Crippen LogP contribution in [0, 0.1) is 0 Å². The lowest BCUT2D eigenvalue weighted by atomic mass is 9.94. The third-order valence-corrected chi connectivity index (χ3v) is 9.05. The van der Waals surface area contributed by atoms with E-state index in [4.69, 9.17) is 0 Å². The molecule has 9 aromatic rings. The van der Waals surface area contributed by atoms with Crippen LogP contribution in [0.2, 0.25) is 0 Å². The van der Waals surface area contributed by atoms with Crippen LogP contribution < -0.4 is 4.90 Å². The number of hydrogen-bond donors (Lipinski definition) is 0. The molecule has 0 bridgehead atoms. The second-order valence-electron chi connectivity index (χ2n) is 11.7. The molecule has 0 unspecified atom stereocenters. The summed E-state index contributed by atoms with van der Waals surface area (Å²) in [6, 6.07) is 58.8. The van der Waals surface area contributed by atoms with E-state index in [1.807, 2.05) is 18.5 Å². The fourth-order valence-electron chi connectivity index (χ4n) is 6.95. The first-order valence-electron chi connectivity index (χ1n) is 15.6. The summed E-state index contributed by atoms with van der Waals surface area (Å²) < 4.78 is 2.40. The number of para-hydroxylation sites is 2. The van der Waals surface area contributed by atoms with E-state index >= 15 is 0 Å². The van der Waals surface area contributed by atoms with Gasteiger partial charge in [0.2, 0.25) is 0 Å². The van der Waals surface area contributed by atoms with Crippen molar-refractivity contribution < 1.29 is 0 Å². The molecule has 0 aliphatic heterocycles. The van der Waals surface area contributed by atoms with E-state index in [0.29, 0.717) is 0 Å². The monoisotopic (exact) mass is 587 g/mol. The predicted octanol–water partition coefficient (Wildman–Crippen LogP) is 11.6. The van der Waals surface area contributed by atoms with Crippen molar-refractivity contribution in [2.75, 3.05) is 4.90 Å². The van der Waals surface area contributed by atoms with Crippen LogP contribution >= 0.6 is 0 Å². The van der Waals surface area contributed by atoms with Gasteiger partial charge in [0.1, 0.15) is 0 Å². The van der Waals surface area contributed by atoms with Gasteiger partial charge in [-0.3, -0.25) is 4.98 Å². The summed E-state index contributed by atoms with van der Waals surface area (Å²) >= 11 is 0. The maximum absolute atomic E-state index is 4.29. The lowest BCUT2D eigenvalue weighted by molar-refractivity contribution is 1.18. The summed E-state index contributed by atoms with van der Waals surface area (Å²) in [6.07, 6.45) is 3.71. The highest BCUT2D eigenvalue weighted by molar-refractivity contribution is 6.26. The van der Waals surface area contributed by atoms with E-state index in [9.17, 15) is 0 Å². The van der Waals surface area contributed by atoms with Crippen LogP contribution in [-0.2, 0) is 0 Å². The zero-order valence-corrected chi connectivity index (χ0v) is 25.1. The van der Waals surface area contributed by atoms with Crippen LogP contribution in [0.5, 0.6) is 0 Å². The molecule has 0 fully saturated rings. The van der Waals surface area contributed by atoms with Gasteiger partial charge in [0.05, 0.1) is 11.0 Å². The van der Waals surface area contributed by atoms with Gasteiger partial charge in [-0.25, -0.2) is 0 Å². The molecule has 2 aromatic heterocycles. The van der Waals surface area contributed by atoms with Crippen molar-refractivity contribution in [3.8, 4) is 27.9 Å². The average Bonchev–Trinajstić information content (AvgIpc) is 3.48. The minimum atomic E-state index is 1.10. The molecule has 9 rings (SSSR count). The first kappa shape index (κ1) is 26.2. The second-order valence-corrected chi connectivity index (χ2v) is 11.7. The standard InChI is InChI=1S/C43H29N3/c1-3-11-34(12-4-1)45(36-21-16-30(17-22-36)33-10-8-28-44-29-33)37-23-18-31(19-24-37)38-26-27-41-43-39(38)25-20-32-9-7-15-40(42(32)43)46(41)35-13-5-2-6-14-35/h1-29H. The van der Waals surface area contributed by atoms with Crippen molar-refractivity contribution in [1.29, 1.82) is 0 Å². The molecule has 0 spiro atoms. The molecule has 3 heteroatoms. The van der Waals surface area contributed by atoms with Gasteiger partial charge < -0.3 is 9.47 Å². The Labute approximate surface area is 267 Å². The van der Waals surface area contributed by atoms with E-state index in [1.165, 1.54) is 49.4 Å². The smallest absolute Gasteiger partial charge is 0.0547 e. The molecule has 3 nitrogen and oxygen atoms in total. The van der Waals surface area contributed by atoms with Gasteiger partial charge in [0, 0.05) is 45.9 Å². The van der Waals surface area contributed by atoms with E-state index in [1.54, 1.807) is 0 Å². The summed E-state index contributed by atoms with van der Waals surface area (Å²) in [4.78, 5) is 6.60. The molecule has 0 aliphatic rings. The lowest BCUT2D eigenvalue weighted by Crippen LogP contribution is -2.09. The minimum Gasteiger partial charge on any atom is -0.311 e. The maximum Gasteiger partial charge on any atom is 0.0547 e. The number of pyridine rings is 1. The van der Waals surface area contributed by atoms with Crippen molar-refractivity contribution in [3.05, 3.63) is 176 Å². The minimum absolute atomic E-state index is 1.10. The topological polar surface area (TPSA) is 21.1 Å². The van der Waals surface area contributed by atoms with Crippen LogP contribution in [-0.4, -0.2) is 9.55 Å². The fourth-order valence-corrected chi connectivity index (χ4v) is 6.95. The van der Waals surface area contributed by atoms with Crippen molar-refractivity contribution >= 4 is 49.6 Å². The molecule has 0 N–H and O–H groups in total. The van der Waals surface area contributed by atoms with E-state index in [0.717, 1.165) is 28.2 Å². The van der Waals surface area contributed by atoms with Gasteiger partial charge in [-0.1, -0.05) is 97.1 Å². The Morgan fingerprint density at radius 2 is 1.11 bits per heavy atom. The van der Waals surface area contributed by atoms with Gasteiger partial charge >= 0.3 is 0 Å². The van der Waals surface area contributed by atoms with E-state index < -0.39 is 0 Å². The molecular formula is C43H29N3. The average molecular weight is 588 g/mol.